The molecule has 0 saturated heterocycles. The Morgan fingerprint density at radius 1 is 1.00 bits per heavy atom. The number of amides is 1. The number of benzene rings is 3. The highest BCUT2D eigenvalue weighted by Gasteiger charge is 2.28. The van der Waals surface area contributed by atoms with Crippen molar-refractivity contribution in [3.8, 4) is 22.8 Å². The molecule has 4 aromatic rings. The van der Waals surface area contributed by atoms with Gasteiger partial charge in [-0.05, 0) is 37.3 Å². The summed E-state index contributed by atoms with van der Waals surface area (Å²) in [7, 11) is 0. The summed E-state index contributed by atoms with van der Waals surface area (Å²) in [5, 5.41) is 8.17. The van der Waals surface area contributed by atoms with E-state index in [9.17, 15) is 4.79 Å². The van der Waals surface area contributed by atoms with E-state index in [1.54, 1.807) is 17.0 Å². The Morgan fingerprint density at radius 2 is 1.65 bits per heavy atom. The Morgan fingerprint density at radius 3 is 2.32 bits per heavy atom. The van der Waals surface area contributed by atoms with Crippen molar-refractivity contribution in [1.82, 2.24) is 15.0 Å². The van der Waals surface area contributed by atoms with Gasteiger partial charge in [0.2, 0.25) is 0 Å². The summed E-state index contributed by atoms with van der Waals surface area (Å²) < 4.78 is 7.04. The van der Waals surface area contributed by atoms with Gasteiger partial charge in [0.25, 0.3) is 5.82 Å². The predicted octanol–water partition coefficient (Wildman–Crippen LogP) is 5.78. The SMILES string of the molecule is [C-]#[N+]c1c(-c2ccccc2Oc2ccccc2)nnn1C(=O)N(CC)c1ccccc1. The average Bonchev–Trinajstić information content (AvgIpc) is 3.25. The van der Waals surface area contributed by atoms with Crippen molar-refractivity contribution in [3.63, 3.8) is 0 Å². The molecule has 3 aromatic carbocycles. The van der Waals surface area contributed by atoms with Crippen LogP contribution in [0, 0.1) is 6.57 Å². The Labute approximate surface area is 179 Å². The lowest BCUT2D eigenvalue weighted by atomic mass is 10.1. The summed E-state index contributed by atoms with van der Waals surface area (Å²) in [5.41, 5.74) is 1.59. The van der Waals surface area contributed by atoms with Crippen LogP contribution in [0.3, 0.4) is 0 Å². The average molecular weight is 409 g/mol. The lowest BCUT2D eigenvalue weighted by Gasteiger charge is -2.18. The largest absolute Gasteiger partial charge is 0.457 e. The van der Waals surface area contributed by atoms with Crippen LogP contribution in [-0.2, 0) is 0 Å². The maximum Gasteiger partial charge on any atom is 0.427 e. The zero-order valence-electron chi connectivity index (χ0n) is 16.8. The van der Waals surface area contributed by atoms with Crippen LogP contribution in [0.1, 0.15) is 6.92 Å². The summed E-state index contributed by atoms with van der Waals surface area (Å²) in [5.74, 6) is 1.21. The number of aromatic nitrogens is 3. The molecule has 4 rings (SSSR count). The summed E-state index contributed by atoms with van der Waals surface area (Å²) in [6.07, 6.45) is 0. The zero-order valence-corrected chi connectivity index (χ0v) is 16.8. The number of carbonyl (C=O) groups is 1. The Kier molecular flexibility index (Phi) is 5.72. The van der Waals surface area contributed by atoms with Crippen LogP contribution in [0.25, 0.3) is 16.1 Å². The molecule has 0 N–H and O–H groups in total. The van der Waals surface area contributed by atoms with Crippen LogP contribution in [0.15, 0.2) is 84.9 Å². The first kappa shape index (κ1) is 19.9. The number of hydrogen-bond acceptors (Lipinski definition) is 4. The fourth-order valence-corrected chi connectivity index (χ4v) is 3.20. The van der Waals surface area contributed by atoms with Crippen molar-refractivity contribution in [3.05, 3.63) is 96.3 Å². The molecule has 7 heteroatoms. The number of rotatable bonds is 5. The topological polar surface area (TPSA) is 64.6 Å². The van der Waals surface area contributed by atoms with E-state index in [0.717, 1.165) is 10.4 Å². The molecule has 0 spiro atoms. The maximum atomic E-state index is 13.2. The van der Waals surface area contributed by atoms with E-state index in [0.29, 0.717) is 29.3 Å². The summed E-state index contributed by atoms with van der Waals surface area (Å²) in [4.78, 5) is 18.3. The Bertz CT molecular complexity index is 1230. The number of ether oxygens (including phenoxy) is 1. The lowest BCUT2D eigenvalue weighted by molar-refractivity contribution is 0.245. The number of nitrogens with zero attached hydrogens (tertiary/aromatic N) is 5. The second-order valence-electron chi connectivity index (χ2n) is 6.56. The molecule has 0 aliphatic heterocycles. The molecule has 7 nitrogen and oxygen atoms in total. The Balaban J connectivity index is 1.73. The fraction of sp³-hybridized carbons (Fsp3) is 0.0833. The van der Waals surface area contributed by atoms with Gasteiger partial charge in [0.15, 0.2) is 0 Å². The van der Waals surface area contributed by atoms with Gasteiger partial charge in [-0.2, -0.15) is 0 Å². The molecule has 0 atom stereocenters. The van der Waals surface area contributed by atoms with Crippen LogP contribution in [0.5, 0.6) is 11.5 Å². The number of anilines is 1. The molecule has 1 aromatic heterocycles. The fourth-order valence-electron chi connectivity index (χ4n) is 3.20. The second kappa shape index (κ2) is 8.93. The molecule has 0 fully saturated rings. The van der Waals surface area contributed by atoms with E-state index in [1.165, 1.54) is 0 Å². The number of para-hydroxylation sites is 3. The molecule has 152 valence electrons. The number of hydrogen-bond donors (Lipinski definition) is 0. The van der Waals surface area contributed by atoms with E-state index in [4.69, 9.17) is 11.3 Å². The molecule has 0 saturated carbocycles. The van der Waals surface area contributed by atoms with Crippen molar-refractivity contribution in [2.24, 2.45) is 0 Å². The number of carbonyl (C=O) groups excluding carboxylic acids is 1. The first-order valence-corrected chi connectivity index (χ1v) is 9.75. The monoisotopic (exact) mass is 409 g/mol. The van der Waals surface area contributed by atoms with Crippen LogP contribution >= 0.6 is 0 Å². The summed E-state index contributed by atoms with van der Waals surface area (Å²) >= 11 is 0. The summed E-state index contributed by atoms with van der Waals surface area (Å²) in [6.45, 7) is 9.98. The zero-order chi connectivity index (χ0) is 21.6. The van der Waals surface area contributed by atoms with Crippen LogP contribution in [0.4, 0.5) is 16.3 Å². The highest BCUT2D eigenvalue weighted by atomic mass is 16.5. The van der Waals surface area contributed by atoms with Gasteiger partial charge in [-0.25, -0.2) is 4.79 Å². The van der Waals surface area contributed by atoms with Crippen molar-refractivity contribution in [2.75, 3.05) is 11.4 Å². The van der Waals surface area contributed by atoms with Gasteiger partial charge in [-0.1, -0.05) is 65.9 Å². The maximum absolute atomic E-state index is 13.2. The normalized spacial score (nSPS) is 10.3. The van der Waals surface area contributed by atoms with Gasteiger partial charge in [-0.3, -0.25) is 4.90 Å². The van der Waals surface area contributed by atoms with Crippen molar-refractivity contribution in [1.29, 1.82) is 0 Å². The minimum absolute atomic E-state index is 0.0310. The third kappa shape index (κ3) is 4.00. The van der Waals surface area contributed by atoms with Gasteiger partial charge < -0.3 is 9.58 Å². The molecule has 1 heterocycles. The molecule has 0 aliphatic carbocycles. The quantitative estimate of drug-likeness (QED) is 0.392. The van der Waals surface area contributed by atoms with Crippen molar-refractivity contribution < 1.29 is 9.53 Å². The first-order valence-electron chi connectivity index (χ1n) is 9.75. The van der Waals surface area contributed by atoms with Gasteiger partial charge in [0.05, 0.1) is 0 Å². The van der Waals surface area contributed by atoms with E-state index < -0.39 is 6.03 Å². The molecule has 1 amide bonds. The predicted molar refractivity (Wildman–Crippen MR) is 118 cm³/mol. The standard InChI is InChI=1S/C24H19N5O2/c1-3-28(18-12-6-4-7-13-18)24(30)29-23(25-2)22(26-27-29)20-16-10-11-17-21(20)31-19-14-8-5-9-15-19/h4-17H,3H2,1H3. The van der Waals surface area contributed by atoms with Crippen molar-refractivity contribution >= 4 is 17.5 Å². The third-order valence-corrected chi connectivity index (χ3v) is 4.66. The third-order valence-electron chi connectivity index (χ3n) is 4.66. The minimum atomic E-state index is -0.445. The van der Waals surface area contributed by atoms with Crippen molar-refractivity contribution in [2.45, 2.75) is 6.92 Å². The molecular formula is C24H19N5O2. The summed E-state index contributed by atoms with van der Waals surface area (Å²) in [6, 6.07) is 25.4. The van der Waals surface area contributed by atoms with Gasteiger partial charge >= 0.3 is 6.03 Å². The van der Waals surface area contributed by atoms with E-state index >= 15 is 0 Å². The van der Waals surface area contributed by atoms with E-state index in [-0.39, 0.29) is 5.82 Å². The molecule has 0 radical (unpaired) electrons. The van der Waals surface area contributed by atoms with Crippen LogP contribution < -0.4 is 9.64 Å². The van der Waals surface area contributed by atoms with E-state index in [2.05, 4.69) is 15.2 Å². The molecular weight excluding hydrogens is 390 g/mol. The van der Waals surface area contributed by atoms with Crippen LogP contribution in [0.2, 0.25) is 0 Å². The highest BCUT2D eigenvalue weighted by Crippen LogP contribution is 2.37. The first-order chi connectivity index (χ1) is 15.2. The van der Waals surface area contributed by atoms with E-state index in [1.807, 2.05) is 79.7 Å². The second-order valence-corrected chi connectivity index (χ2v) is 6.56. The highest BCUT2D eigenvalue weighted by molar-refractivity contribution is 5.96. The minimum Gasteiger partial charge on any atom is -0.457 e. The Hall–Kier alpha value is -4.44. The van der Waals surface area contributed by atoms with Crippen LogP contribution in [-0.4, -0.2) is 27.6 Å². The molecule has 31 heavy (non-hydrogen) atoms. The molecule has 0 bridgehead atoms. The van der Waals surface area contributed by atoms with Gasteiger partial charge in [0, 0.05) is 23.0 Å². The molecule has 0 aliphatic rings. The smallest absolute Gasteiger partial charge is 0.427 e. The van der Waals surface area contributed by atoms with Gasteiger partial charge in [0.1, 0.15) is 17.2 Å². The van der Waals surface area contributed by atoms with Gasteiger partial charge in [-0.15, -0.1) is 5.10 Å². The molecule has 0 unspecified atom stereocenters. The lowest BCUT2D eigenvalue weighted by Crippen LogP contribution is -2.35.